The molecule has 3 heterocycles. The van der Waals surface area contributed by atoms with Gasteiger partial charge in [0.25, 0.3) is 5.56 Å². The molecule has 0 bridgehead atoms. The zero-order valence-electron chi connectivity index (χ0n) is 13.8. The molecule has 3 aromatic rings. The van der Waals surface area contributed by atoms with Gasteiger partial charge in [-0.2, -0.15) is 0 Å². The Labute approximate surface area is 130 Å². The molecular weight excluding hydrogens is 276 g/mol. The highest BCUT2D eigenvalue weighted by molar-refractivity contribution is 5.77. The first-order chi connectivity index (χ1) is 10.6. The van der Waals surface area contributed by atoms with Crippen LogP contribution < -0.4 is 5.56 Å². The normalized spacial score (nSPS) is 10.4. The van der Waals surface area contributed by atoms with E-state index >= 15 is 0 Å². The fraction of sp³-hybridized carbons (Fsp3) is 0.353. The number of aryl methyl sites for hydroxylation is 3. The second-order valence-electron chi connectivity index (χ2n) is 4.96. The molecule has 0 fully saturated rings. The number of rotatable bonds is 2. The maximum absolute atomic E-state index is 11.9. The summed E-state index contributed by atoms with van der Waals surface area (Å²) >= 11 is 0. The van der Waals surface area contributed by atoms with Crippen molar-refractivity contribution in [1.82, 2.24) is 19.5 Å². The number of aromatic nitrogens is 4. The minimum Gasteiger partial charge on any atom is -0.321 e. The van der Waals surface area contributed by atoms with E-state index in [0.717, 1.165) is 40.0 Å². The summed E-state index contributed by atoms with van der Waals surface area (Å²) in [6.45, 7) is 7.89. The molecule has 0 atom stereocenters. The maximum atomic E-state index is 11.9. The van der Waals surface area contributed by atoms with Gasteiger partial charge in [0.1, 0.15) is 5.52 Å². The third-order valence-corrected chi connectivity index (χ3v) is 3.53. The Morgan fingerprint density at radius 1 is 1.23 bits per heavy atom. The molecule has 0 radical (unpaired) electrons. The molecule has 0 aliphatic rings. The number of fused-ring (bicyclic) bond motifs is 1. The van der Waals surface area contributed by atoms with Crippen LogP contribution in [0.5, 0.6) is 0 Å². The van der Waals surface area contributed by atoms with Crippen LogP contribution in [0, 0.1) is 6.92 Å². The zero-order chi connectivity index (χ0) is 16.3. The number of aromatic amines is 1. The summed E-state index contributed by atoms with van der Waals surface area (Å²) in [6.07, 6.45) is 4.37. The predicted octanol–water partition coefficient (Wildman–Crippen LogP) is 3.22. The fourth-order valence-corrected chi connectivity index (χ4v) is 2.38. The second kappa shape index (κ2) is 6.56. The van der Waals surface area contributed by atoms with Gasteiger partial charge in [-0.05, 0) is 31.0 Å². The number of hydrogen-bond acceptors (Lipinski definition) is 3. The molecule has 5 heteroatoms. The van der Waals surface area contributed by atoms with Gasteiger partial charge in [-0.25, -0.2) is 9.97 Å². The lowest BCUT2D eigenvalue weighted by Gasteiger charge is -2.08. The van der Waals surface area contributed by atoms with E-state index in [4.69, 9.17) is 0 Å². The third-order valence-electron chi connectivity index (χ3n) is 3.53. The Morgan fingerprint density at radius 3 is 2.64 bits per heavy atom. The second-order valence-corrected chi connectivity index (χ2v) is 4.96. The van der Waals surface area contributed by atoms with Gasteiger partial charge in [0.15, 0.2) is 5.65 Å². The van der Waals surface area contributed by atoms with Gasteiger partial charge in [-0.3, -0.25) is 4.79 Å². The lowest BCUT2D eigenvalue weighted by molar-refractivity contribution is 0.931. The smallest absolute Gasteiger partial charge is 0.251 e. The monoisotopic (exact) mass is 298 g/mol. The summed E-state index contributed by atoms with van der Waals surface area (Å²) in [6, 6.07) is 3.90. The molecule has 3 rings (SSSR count). The van der Waals surface area contributed by atoms with Crippen molar-refractivity contribution in [2.75, 3.05) is 0 Å². The Morgan fingerprint density at radius 2 is 1.95 bits per heavy atom. The minimum atomic E-state index is -0.0571. The van der Waals surface area contributed by atoms with Gasteiger partial charge in [0.05, 0.1) is 12.0 Å². The average molecular weight is 298 g/mol. The van der Waals surface area contributed by atoms with Crippen LogP contribution in [0.3, 0.4) is 0 Å². The van der Waals surface area contributed by atoms with E-state index in [2.05, 4.69) is 21.9 Å². The number of nitrogens with zero attached hydrogens (tertiary/aromatic N) is 3. The molecule has 0 spiro atoms. The van der Waals surface area contributed by atoms with E-state index < -0.39 is 0 Å². The Bertz CT molecular complexity index is 845. The number of hydrogen-bond donors (Lipinski definition) is 1. The fourth-order valence-electron chi connectivity index (χ4n) is 2.38. The lowest BCUT2D eigenvalue weighted by Crippen LogP contribution is -2.12. The van der Waals surface area contributed by atoms with E-state index in [0.29, 0.717) is 0 Å². The summed E-state index contributed by atoms with van der Waals surface area (Å²) in [5, 5.41) is 0. The standard InChI is InChI=1S/C15H16N4O.C2H6/c1-4-10-5-9(2)15(20)18-13(10)11-6-12-14(16-7-11)19(3)8-17-12;1-2/h5-8H,4H2,1-3H3,(H,18,20);1-2H3. The molecule has 0 aliphatic heterocycles. The van der Waals surface area contributed by atoms with Crippen molar-refractivity contribution in [2.24, 2.45) is 7.05 Å². The quantitative estimate of drug-likeness (QED) is 0.790. The van der Waals surface area contributed by atoms with Gasteiger partial charge in [0.2, 0.25) is 0 Å². The van der Waals surface area contributed by atoms with Crippen molar-refractivity contribution >= 4 is 11.2 Å². The molecule has 0 aliphatic carbocycles. The van der Waals surface area contributed by atoms with Crippen molar-refractivity contribution < 1.29 is 0 Å². The topological polar surface area (TPSA) is 63.6 Å². The molecule has 0 saturated heterocycles. The van der Waals surface area contributed by atoms with E-state index in [1.165, 1.54) is 0 Å². The van der Waals surface area contributed by atoms with Crippen molar-refractivity contribution in [3.05, 3.63) is 46.1 Å². The van der Waals surface area contributed by atoms with E-state index in [9.17, 15) is 4.79 Å². The first kappa shape index (κ1) is 15.9. The maximum Gasteiger partial charge on any atom is 0.251 e. The largest absolute Gasteiger partial charge is 0.321 e. The molecular formula is C17H22N4O. The SMILES string of the molecule is CC.CCc1cc(C)c(=O)[nH]c1-c1cnc2c(c1)ncn2C. The van der Waals surface area contributed by atoms with Crippen LogP contribution in [-0.4, -0.2) is 19.5 Å². The van der Waals surface area contributed by atoms with Crippen LogP contribution in [-0.2, 0) is 13.5 Å². The summed E-state index contributed by atoms with van der Waals surface area (Å²) in [7, 11) is 1.91. The van der Waals surface area contributed by atoms with Gasteiger partial charge in [-0.1, -0.05) is 20.8 Å². The van der Waals surface area contributed by atoms with Crippen molar-refractivity contribution in [3.8, 4) is 11.3 Å². The molecule has 0 amide bonds. The summed E-state index contributed by atoms with van der Waals surface area (Å²) < 4.78 is 1.87. The first-order valence-corrected chi connectivity index (χ1v) is 7.60. The van der Waals surface area contributed by atoms with Gasteiger partial charge >= 0.3 is 0 Å². The van der Waals surface area contributed by atoms with Crippen molar-refractivity contribution in [1.29, 1.82) is 0 Å². The van der Waals surface area contributed by atoms with Crippen molar-refractivity contribution in [2.45, 2.75) is 34.1 Å². The summed E-state index contributed by atoms with van der Waals surface area (Å²) in [4.78, 5) is 23.5. The number of pyridine rings is 2. The predicted molar refractivity (Wildman–Crippen MR) is 90.0 cm³/mol. The Hall–Kier alpha value is -2.43. The van der Waals surface area contributed by atoms with Gasteiger partial charge in [-0.15, -0.1) is 0 Å². The molecule has 3 aromatic heterocycles. The molecule has 0 aromatic carbocycles. The Kier molecular flexibility index (Phi) is 4.75. The van der Waals surface area contributed by atoms with E-state index in [-0.39, 0.29) is 5.56 Å². The average Bonchev–Trinajstić information content (AvgIpc) is 2.92. The number of nitrogens with one attached hydrogen (secondary N) is 1. The molecule has 0 saturated carbocycles. The van der Waals surface area contributed by atoms with Crippen LogP contribution >= 0.6 is 0 Å². The van der Waals surface area contributed by atoms with Gasteiger partial charge in [0, 0.05) is 24.4 Å². The first-order valence-electron chi connectivity index (χ1n) is 7.60. The van der Waals surface area contributed by atoms with Crippen LogP contribution in [0.4, 0.5) is 0 Å². The van der Waals surface area contributed by atoms with Crippen LogP contribution in [0.15, 0.2) is 29.5 Å². The molecule has 5 nitrogen and oxygen atoms in total. The highest BCUT2D eigenvalue weighted by Gasteiger charge is 2.10. The number of imidazole rings is 1. The van der Waals surface area contributed by atoms with E-state index in [1.807, 2.05) is 44.5 Å². The van der Waals surface area contributed by atoms with Gasteiger partial charge < -0.3 is 9.55 Å². The van der Waals surface area contributed by atoms with Crippen molar-refractivity contribution in [3.63, 3.8) is 0 Å². The third kappa shape index (κ3) is 2.79. The zero-order valence-corrected chi connectivity index (χ0v) is 13.8. The van der Waals surface area contributed by atoms with Crippen LogP contribution in [0.25, 0.3) is 22.4 Å². The molecule has 116 valence electrons. The molecule has 0 unspecified atom stereocenters. The molecule has 1 N–H and O–H groups in total. The Balaban J connectivity index is 0.000000847. The molecule has 22 heavy (non-hydrogen) atoms. The summed E-state index contributed by atoms with van der Waals surface area (Å²) in [5.74, 6) is 0. The van der Waals surface area contributed by atoms with E-state index in [1.54, 1.807) is 12.5 Å². The van der Waals surface area contributed by atoms with Crippen LogP contribution in [0.1, 0.15) is 31.9 Å². The van der Waals surface area contributed by atoms with Crippen LogP contribution in [0.2, 0.25) is 0 Å². The highest BCUT2D eigenvalue weighted by Crippen LogP contribution is 2.23. The lowest BCUT2D eigenvalue weighted by atomic mass is 10.0. The number of H-pyrrole nitrogens is 1. The highest BCUT2D eigenvalue weighted by atomic mass is 16.1. The summed E-state index contributed by atoms with van der Waals surface area (Å²) in [5.41, 5.74) is 5.18. The minimum absolute atomic E-state index is 0.0571.